The van der Waals surface area contributed by atoms with Gasteiger partial charge in [-0.15, -0.1) is 0 Å². The molecule has 1 heterocycles. The molecule has 1 aliphatic heterocycles. The standard InChI is InChI=1S/C14H19F2NO/c15-13-5-4-11(9-14(13)16)10-17-7-2-1-3-12(17)6-8-18/h4-5,9,12,18H,1-3,6-8,10H2. The van der Waals surface area contributed by atoms with Crippen LogP contribution in [0.25, 0.3) is 0 Å². The van der Waals surface area contributed by atoms with Crippen molar-refractivity contribution in [1.29, 1.82) is 0 Å². The second-order valence-electron chi connectivity index (χ2n) is 4.88. The van der Waals surface area contributed by atoms with Crippen LogP contribution >= 0.6 is 0 Å². The van der Waals surface area contributed by atoms with Crippen LogP contribution in [-0.2, 0) is 6.54 Å². The molecule has 1 aliphatic rings. The van der Waals surface area contributed by atoms with Gasteiger partial charge in [-0.1, -0.05) is 12.5 Å². The van der Waals surface area contributed by atoms with E-state index in [2.05, 4.69) is 4.90 Å². The Hall–Kier alpha value is -1.00. The summed E-state index contributed by atoms with van der Waals surface area (Å²) in [4.78, 5) is 2.26. The fourth-order valence-electron chi connectivity index (χ4n) is 2.62. The van der Waals surface area contributed by atoms with Crippen molar-refractivity contribution in [1.82, 2.24) is 4.90 Å². The van der Waals surface area contributed by atoms with Gasteiger partial charge in [-0.3, -0.25) is 4.90 Å². The third-order valence-corrected chi connectivity index (χ3v) is 3.58. The van der Waals surface area contributed by atoms with Crippen molar-refractivity contribution in [3.8, 4) is 0 Å². The molecule has 1 N–H and O–H groups in total. The van der Waals surface area contributed by atoms with Gasteiger partial charge in [0.2, 0.25) is 0 Å². The summed E-state index contributed by atoms with van der Waals surface area (Å²) >= 11 is 0. The molecule has 0 saturated carbocycles. The van der Waals surface area contributed by atoms with Crippen LogP contribution in [0.2, 0.25) is 0 Å². The molecule has 0 radical (unpaired) electrons. The highest BCUT2D eigenvalue weighted by Crippen LogP contribution is 2.22. The minimum Gasteiger partial charge on any atom is -0.396 e. The van der Waals surface area contributed by atoms with E-state index in [4.69, 9.17) is 5.11 Å². The van der Waals surface area contributed by atoms with Crippen LogP contribution in [0, 0.1) is 11.6 Å². The van der Waals surface area contributed by atoms with Gasteiger partial charge < -0.3 is 5.11 Å². The third kappa shape index (κ3) is 3.27. The Morgan fingerprint density at radius 1 is 1.22 bits per heavy atom. The van der Waals surface area contributed by atoms with E-state index in [1.807, 2.05) is 0 Å². The first kappa shape index (κ1) is 13.4. The van der Waals surface area contributed by atoms with Crippen LogP contribution in [0.15, 0.2) is 18.2 Å². The molecule has 18 heavy (non-hydrogen) atoms. The SMILES string of the molecule is OCCC1CCCCN1Cc1ccc(F)c(F)c1. The highest BCUT2D eigenvalue weighted by molar-refractivity contribution is 5.17. The van der Waals surface area contributed by atoms with E-state index in [1.165, 1.54) is 18.6 Å². The molecule has 0 aromatic heterocycles. The van der Waals surface area contributed by atoms with E-state index < -0.39 is 11.6 Å². The van der Waals surface area contributed by atoms with Crippen molar-refractivity contribution in [2.75, 3.05) is 13.2 Å². The number of piperidine rings is 1. The van der Waals surface area contributed by atoms with E-state index >= 15 is 0 Å². The molecular weight excluding hydrogens is 236 g/mol. The number of nitrogens with zero attached hydrogens (tertiary/aromatic N) is 1. The van der Waals surface area contributed by atoms with E-state index in [-0.39, 0.29) is 6.61 Å². The summed E-state index contributed by atoms with van der Waals surface area (Å²) in [6.07, 6.45) is 4.14. The fourth-order valence-corrected chi connectivity index (χ4v) is 2.62. The molecule has 1 aromatic carbocycles. The van der Waals surface area contributed by atoms with E-state index in [0.717, 1.165) is 31.4 Å². The molecule has 0 amide bonds. The third-order valence-electron chi connectivity index (χ3n) is 3.58. The van der Waals surface area contributed by atoms with Gasteiger partial charge in [0.1, 0.15) is 0 Å². The smallest absolute Gasteiger partial charge is 0.159 e. The number of benzene rings is 1. The van der Waals surface area contributed by atoms with E-state index in [1.54, 1.807) is 6.07 Å². The zero-order chi connectivity index (χ0) is 13.0. The Labute approximate surface area is 106 Å². The second kappa shape index (κ2) is 6.25. The maximum Gasteiger partial charge on any atom is 0.159 e. The first-order valence-corrected chi connectivity index (χ1v) is 6.49. The lowest BCUT2D eigenvalue weighted by Gasteiger charge is -2.35. The molecule has 0 aliphatic carbocycles. The highest BCUT2D eigenvalue weighted by Gasteiger charge is 2.22. The van der Waals surface area contributed by atoms with Gasteiger partial charge in [-0.2, -0.15) is 0 Å². The van der Waals surface area contributed by atoms with E-state index in [0.29, 0.717) is 12.6 Å². The van der Waals surface area contributed by atoms with Gasteiger partial charge in [0, 0.05) is 19.2 Å². The minimum absolute atomic E-state index is 0.180. The van der Waals surface area contributed by atoms with Gasteiger partial charge >= 0.3 is 0 Å². The second-order valence-corrected chi connectivity index (χ2v) is 4.88. The zero-order valence-electron chi connectivity index (χ0n) is 10.4. The molecule has 1 fully saturated rings. The summed E-state index contributed by atoms with van der Waals surface area (Å²) < 4.78 is 26.0. The molecule has 1 aromatic rings. The first-order chi connectivity index (χ1) is 8.70. The molecule has 0 bridgehead atoms. The van der Waals surface area contributed by atoms with Crippen LogP contribution in [0.5, 0.6) is 0 Å². The summed E-state index contributed by atoms with van der Waals surface area (Å²) in [5, 5.41) is 9.05. The van der Waals surface area contributed by atoms with Crippen LogP contribution in [0.4, 0.5) is 8.78 Å². The van der Waals surface area contributed by atoms with Gasteiger partial charge in [0.25, 0.3) is 0 Å². The molecule has 2 rings (SSSR count). The first-order valence-electron chi connectivity index (χ1n) is 6.49. The Balaban J connectivity index is 2.03. The maximum atomic E-state index is 13.1. The largest absolute Gasteiger partial charge is 0.396 e. The molecule has 0 spiro atoms. The lowest BCUT2D eigenvalue weighted by molar-refractivity contribution is 0.112. The summed E-state index contributed by atoms with van der Waals surface area (Å²) in [6.45, 7) is 1.77. The molecule has 100 valence electrons. The predicted octanol–water partition coefficient (Wildman–Crippen LogP) is 2.70. The van der Waals surface area contributed by atoms with Crippen LogP contribution in [0.3, 0.4) is 0 Å². The molecule has 1 saturated heterocycles. The van der Waals surface area contributed by atoms with Crippen LogP contribution in [0.1, 0.15) is 31.2 Å². The van der Waals surface area contributed by atoms with Gasteiger partial charge in [0.05, 0.1) is 0 Å². The van der Waals surface area contributed by atoms with Crippen molar-refractivity contribution in [3.63, 3.8) is 0 Å². The molecule has 1 atom stereocenters. The Kier molecular flexibility index (Phi) is 4.66. The van der Waals surface area contributed by atoms with Crippen molar-refractivity contribution in [2.45, 2.75) is 38.3 Å². The maximum absolute atomic E-state index is 13.1. The van der Waals surface area contributed by atoms with Gasteiger partial charge in [-0.05, 0) is 43.5 Å². The molecule has 2 nitrogen and oxygen atoms in total. The fraction of sp³-hybridized carbons (Fsp3) is 0.571. The number of hydrogen-bond acceptors (Lipinski definition) is 2. The summed E-state index contributed by atoms with van der Waals surface area (Å²) in [5.74, 6) is -1.59. The predicted molar refractivity (Wildman–Crippen MR) is 66.1 cm³/mol. The number of rotatable bonds is 4. The van der Waals surface area contributed by atoms with Crippen molar-refractivity contribution in [2.24, 2.45) is 0 Å². The van der Waals surface area contributed by atoms with Crippen molar-refractivity contribution < 1.29 is 13.9 Å². The Morgan fingerprint density at radius 3 is 2.78 bits per heavy atom. The van der Waals surface area contributed by atoms with E-state index in [9.17, 15) is 8.78 Å². The van der Waals surface area contributed by atoms with Crippen molar-refractivity contribution >= 4 is 0 Å². The summed E-state index contributed by atoms with van der Waals surface area (Å²) in [7, 11) is 0. The average Bonchev–Trinajstić information content (AvgIpc) is 2.37. The minimum atomic E-state index is -0.802. The zero-order valence-corrected chi connectivity index (χ0v) is 10.4. The topological polar surface area (TPSA) is 23.5 Å². The summed E-state index contributed by atoms with van der Waals surface area (Å²) in [5.41, 5.74) is 0.790. The van der Waals surface area contributed by atoms with Crippen LogP contribution in [-0.4, -0.2) is 29.2 Å². The van der Waals surface area contributed by atoms with Gasteiger partial charge in [0.15, 0.2) is 11.6 Å². The normalized spacial score (nSPS) is 21.2. The number of likely N-dealkylation sites (tertiary alicyclic amines) is 1. The number of halogens is 2. The highest BCUT2D eigenvalue weighted by atomic mass is 19.2. The number of aliphatic hydroxyl groups is 1. The quantitative estimate of drug-likeness (QED) is 0.894. The lowest BCUT2D eigenvalue weighted by atomic mass is 9.99. The number of aliphatic hydroxyl groups excluding tert-OH is 1. The average molecular weight is 255 g/mol. The molecule has 4 heteroatoms. The molecule has 1 unspecified atom stereocenters. The van der Waals surface area contributed by atoms with Crippen molar-refractivity contribution in [3.05, 3.63) is 35.4 Å². The monoisotopic (exact) mass is 255 g/mol. The molecular formula is C14H19F2NO. The Bertz CT molecular complexity index is 395. The Morgan fingerprint density at radius 2 is 2.06 bits per heavy atom. The van der Waals surface area contributed by atoms with Gasteiger partial charge in [-0.25, -0.2) is 8.78 Å². The lowest BCUT2D eigenvalue weighted by Crippen LogP contribution is -2.39. The summed E-state index contributed by atoms with van der Waals surface area (Å²) in [6, 6.07) is 4.43. The van der Waals surface area contributed by atoms with Crippen LogP contribution < -0.4 is 0 Å². The number of hydrogen-bond donors (Lipinski definition) is 1.